The quantitative estimate of drug-likeness (QED) is 0.711. The molecule has 1 heterocycles. The SMILES string of the molecule is CC(C)NC(C)(CO)CSc1nc2ccccc2[nH]1. The lowest BCUT2D eigenvalue weighted by Gasteiger charge is -2.30. The molecule has 0 saturated heterocycles. The van der Waals surface area contributed by atoms with Crippen molar-refractivity contribution in [1.82, 2.24) is 15.3 Å². The van der Waals surface area contributed by atoms with Gasteiger partial charge in [-0.15, -0.1) is 0 Å². The number of aromatic amines is 1. The maximum atomic E-state index is 9.55. The van der Waals surface area contributed by atoms with Crippen LogP contribution in [-0.2, 0) is 0 Å². The van der Waals surface area contributed by atoms with Gasteiger partial charge in [0.2, 0.25) is 0 Å². The number of hydrogen-bond donors (Lipinski definition) is 3. The first-order valence-corrected chi connectivity index (χ1v) is 7.47. The highest BCUT2D eigenvalue weighted by Gasteiger charge is 2.24. The normalized spacial score (nSPS) is 15.0. The van der Waals surface area contributed by atoms with Crippen LogP contribution in [0.1, 0.15) is 20.8 Å². The standard InChI is InChI=1S/C14H21N3OS/c1-10(2)17-14(3,8-18)9-19-13-15-11-6-4-5-7-12(11)16-13/h4-7,10,17-18H,8-9H2,1-3H3,(H,15,16). The minimum absolute atomic E-state index is 0.110. The summed E-state index contributed by atoms with van der Waals surface area (Å²) >= 11 is 1.63. The summed E-state index contributed by atoms with van der Waals surface area (Å²) in [5.41, 5.74) is 1.73. The highest BCUT2D eigenvalue weighted by Crippen LogP contribution is 2.23. The van der Waals surface area contributed by atoms with Gasteiger partial charge >= 0.3 is 0 Å². The van der Waals surface area contributed by atoms with Gasteiger partial charge in [0.1, 0.15) is 0 Å². The van der Waals surface area contributed by atoms with E-state index in [9.17, 15) is 5.11 Å². The van der Waals surface area contributed by atoms with Crippen LogP contribution < -0.4 is 5.32 Å². The molecule has 0 fully saturated rings. The number of aliphatic hydroxyl groups excluding tert-OH is 1. The summed E-state index contributed by atoms with van der Waals surface area (Å²) in [6, 6.07) is 8.33. The van der Waals surface area contributed by atoms with E-state index in [1.54, 1.807) is 11.8 Å². The Bertz CT molecular complexity index is 507. The third-order valence-corrected chi connectivity index (χ3v) is 4.13. The Morgan fingerprint density at radius 2 is 2.16 bits per heavy atom. The van der Waals surface area contributed by atoms with Crippen LogP contribution in [0.3, 0.4) is 0 Å². The molecular weight excluding hydrogens is 258 g/mol. The Kier molecular flexibility index (Phi) is 4.50. The smallest absolute Gasteiger partial charge is 0.166 e. The van der Waals surface area contributed by atoms with Crippen molar-refractivity contribution >= 4 is 22.8 Å². The Balaban J connectivity index is 2.04. The lowest BCUT2D eigenvalue weighted by Crippen LogP contribution is -2.51. The van der Waals surface area contributed by atoms with E-state index in [4.69, 9.17) is 0 Å². The Hall–Kier alpha value is -1.04. The van der Waals surface area contributed by atoms with Gasteiger partial charge in [-0.05, 0) is 19.1 Å². The van der Waals surface area contributed by atoms with Crippen LogP contribution in [0.4, 0.5) is 0 Å². The van der Waals surface area contributed by atoms with Crippen molar-refractivity contribution in [2.45, 2.75) is 37.5 Å². The monoisotopic (exact) mass is 279 g/mol. The average Bonchev–Trinajstić information content (AvgIpc) is 2.78. The molecule has 2 rings (SSSR count). The van der Waals surface area contributed by atoms with Crippen molar-refractivity contribution in [2.75, 3.05) is 12.4 Å². The van der Waals surface area contributed by atoms with Crippen LogP contribution in [0.2, 0.25) is 0 Å². The molecule has 1 atom stereocenters. The van der Waals surface area contributed by atoms with E-state index in [1.807, 2.05) is 31.2 Å². The van der Waals surface area contributed by atoms with Gasteiger partial charge in [-0.25, -0.2) is 4.98 Å². The molecule has 1 aromatic heterocycles. The summed E-state index contributed by atoms with van der Waals surface area (Å²) in [7, 11) is 0. The number of aliphatic hydroxyl groups is 1. The van der Waals surface area contributed by atoms with Crippen LogP contribution in [0.5, 0.6) is 0 Å². The van der Waals surface area contributed by atoms with Crippen molar-refractivity contribution in [1.29, 1.82) is 0 Å². The number of benzene rings is 1. The molecule has 5 heteroatoms. The van der Waals surface area contributed by atoms with E-state index in [0.717, 1.165) is 21.9 Å². The third kappa shape index (κ3) is 3.72. The van der Waals surface area contributed by atoms with Gasteiger partial charge in [0.15, 0.2) is 5.16 Å². The predicted octanol–water partition coefficient (Wildman–Crippen LogP) is 2.40. The first kappa shape index (κ1) is 14.4. The molecule has 19 heavy (non-hydrogen) atoms. The molecule has 2 aromatic rings. The van der Waals surface area contributed by atoms with Crippen molar-refractivity contribution in [2.24, 2.45) is 0 Å². The first-order chi connectivity index (χ1) is 9.02. The molecule has 3 N–H and O–H groups in total. The molecule has 0 aliphatic rings. The molecule has 1 aromatic carbocycles. The zero-order valence-electron chi connectivity index (χ0n) is 11.6. The molecule has 0 amide bonds. The van der Waals surface area contributed by atoms with Gasteiger partial charge in [-0.3, -0.25) is 0 Å². The second-order valence-corrected chi connectivity index (χ2v) is 6.33. The van der Waals surface area contributed by atoms with Crippen LogP contribution in [0, 0.1) is 0 Å². The van der Waals surface area contributed by atoms with Gasteiger partial charge in [0.25, 0.3) is 0 Å². The maximum Gasteiger partial charge on any atom is 0.166 e. The molecule has 0 radical (unpaired) electrons. The number of aromatic nitrogens is 2. The summed E-state index contributed by atoms with van der Waals surface area (Å²) in [6.07, 6.45) is 0. The third-order valence-electron chi connectivity index (χ3n) is 2.88. The zero-order chi connectivity index (χ0) is 13.9. The zero-order valence-corrected chi connectivity index (χ0v) is 12.4. The molecule has 0 aliphatic carbocycles. The number of thioether (sulfide) groups is 1. The van der Waals surface area contributed by atoms with E-state index in [-0.39, 0.29) is 12.1 Å². The van der Waals surface area contributed by atoms with Crippen LogP contribution in [0.25, 0.3) is 11.0 Å². The van der Waals surface area contributed by atoms with Gasteiger partial charge in [0.05, 0.1) is 17.6 Å². The number of fused-ring (bicyclic) bond motifs is 1. The van der Waals surface area contributed by atoms with Gasteiger partial charge in [-0.1, -0.05) is 37.7 Å². The van der Waals surface area contributed by atoms with E-state index in [0.29, 0.717) is 6.04 Å². The van der Waals surface area contributed by atoms with Crippen LogP contribution in [0.15, 0.2) is 29.4 Å². The minimum Gasteiger partial charge on any atom is -0.394 e. The maximum absolute atomic E-state index is 9.55. The van der Waals surface area contributed by atoms with E-state index in [2.05, 4.69) is 29.1 Å². The molecule has 0 aliphatic heterocycles. The minimum atomic E-state index is -0.294. The number of nitrogens with one attached hydrogen (secondary N) is 2. The highest BCUT2D eigenvalue weighted by atomic mass is 32.2. The lowest BCUT2D eigenvalue weighted by molar-refractivity contribution is 0.183. The van der Waals surface area contributed by atoms with Gasteiger partial charge in [0, 0.05) is 17.3 Å². The van der Waals surface area contributed by atoms with E-state index >= 15 is 0 Å². The van der Waals surface area contributed by atoms with E-state index in [1.165, 1.54) is 0 Å². The predicted molar refractivity (Wildman–Crippen MR) is 80.6 cm³/mol. The summed E-state index contributed by atoms with van der Waals surface area (Å²) in [4.78, 5) is 7.82. The van der Waals surface area contributed by atoms with E-state index < -0.39 is 0 Å². The molecule has 104 valence electrons. The molecule has 0 spiro atoms. The molecule has 1 unspecified atom stereocenters. The summed E-state index contributed by atoms with van der Waals surface area (Å²) in [6.45, 7) is 6.31. The van der Waals surface area contributed by atoms with Crippen LogP contribution >= 0.6 is 11.8 Å². The fraction of sp³-hybridized carbons (Fsp3) is 0.500. The number of nitrogens with zero attached hydrogens (tertiary/aromatic N) is 1. The molecule has 4 nitrogen and oxygen atoms in total. The second kappa shape index (κ2) is 5.94. The number of rotatable bonds is 6. The second-order valence-electron chi connectivity index (χ2n) is 5.37. The Morgan fingerprint density at radius 3 is 2.79 bits per heavy atom. The van der Waals surface area contributed by atoms with Gasteiger partial charge in [-0.2, -0.15) is 0 Å². The summed E-state index contributed by atoms with van der Waals surface area (Å²) in [5, 5.41) is 13.8. The molecule has 0 saturated carbocycles. The lowest BCUT2D eigenvalue weighted by atomic mass is 10.1. The average molecular weight is 279 g/mol. The molecule has 0 bridgehead atoms. The fourth-order valence-electron chi connectivity index (χ4n) is 2.06. The van der Waals surface area contributed by atoms with Gasteiger partial charge < -0.3 is 15.4 Å². The highest BCUT2D eigenvalue weighted by molar-refractivity contribution is 7.99. The number of para-hydroxylation sites is 2. The number of H-pyrrole nitrogens is 1. The first-order valence-electron chi connectivity index (χ1n) is 6.48. The Labute approximate surface area is 118 Å². The number of hydrogen-bond acceptors (Lipinski definition) is 4. The van der Waals surface area contributed by atoms with Crippen molar-refractivity contribution in [3.05, 3.63) is 24.3 Å². The topological polar surface area (TPSA) is 60.9 Å². The van der Waals surface area contributed by atoms with Crippen molar-refractivity contribution in [3.63, 3.8) is 0 Å². The fourth-order valence-corrected chi connectivity index (χ4v) is 3.03. The summed E-state index contributed by atoms with van der Waals surface area (Å²) in [5.74, 6) is 0.765. The largest absolute Gasteiger partial charge is 0.394 e. The number of imidazole rings is 1. The summed E-state index contributed by atoms with van der Waals surface area (Å²) < 4.78 is 0. The van der Waals surface area contributed by atoms with Crippen molar-refractivity contribution in [3.8, 4) is 0 Å². The van der Waals surface area contributed by atoms with Crippen LogP contribution in [-0.4, -0.2) is 39.0 Å². The molecular formula is C14H21N3OS. The van der Waals surface area contributed by atoms with Crippen molar-refractivity contribution < 1.29 is 5.11 Å². The Morgan fingerprint density at radius 1 is 1.42 bits per heavy atom.